The molecule has 1 amide bonds. The van der Waals surface area contributed by atoms with Crippen molar-refractivity contribution in [3.63, 3.8) is 0 Å². The Labute approximate surface area is 161 Å². The van der Waals surface area contributed by atoms with Gasteiger partial charge in [0.2, 0.25) is 5.91 Å². The van der Waals surface area contributed by atoms with E-state index >= 15 is 0 Å². The number of amides is 1. The summed E-state index contributed by atoms with van der Waals surface area (Å²) < 4.78 is 0. The highest BCUT2D eigenvalue weighted by Crippen LogP contribution is 2.19. The highest BCUT2D eigenvalue weighted by molar-refractivity contribution is 6.30. The van der Waals surface area contributed by atoms with Crippen molar-refractivity contribution in [1.29, 1.82) is 0 Å². The molecule has 2 rings (SSSR count). The summed E-state index contributed by atoms with van der Waals surface area (Å²) in [6.45, 7) is 5.34. The van der Waals surface area contributed by atoms with Gasteiger partial charge >= 0.3 is 0 Å². The van der Waals surface area contributed by atoms with Gasteiger partial charge in [0.25, 0.3) is 0 Å². The van der Waals surface area contributed by atoms with E-state index in [2.05, 4.69) is 20.5 Å². The van der Waals surface area contributed by atoms with Gasteiger partial charge in [-0.2, -0.15) is 0 Å². The summed E-state index contributed by atoms with van der Waals surface area (Å²) in [4.78, 5) is 20.7. The third-order valence-electron chi connectivity index (χ3n) is 4.52. The molecule has 1 fully saturated rings. The molecule has 1 aromatic rings. The zero-order valence-corrected chi connectivity index (χ0v) is 16.7. The Morgan fingerprint density at radius 2 is 1.88 bits per heavy atom. The molecule has 0 bridgehead atoms. The van der Waals surface area contributed by atoms with Crippen LogP contribution in [0.4, 0.5) is 0 Å². The van der Waals surface area contributed by atoms with Gasteiger partial charge in [0.05, 0.1) is 6.04 Å². The number of rotatable bonds is 7. The number of likely N-dealkylation sites (tertiary alicyclic amines) is 1. The molecule has 7 heteroatoms. The molecule has 1 aromatic carbocycles. The summed E-state index contributed by atoms with van der Waals surface area (Å²) in [5, 5.41) is 7.30. The molecule has 1 atom stereocenters. The van der Waals surface area contributed by atoms with Crippen LogP contribution in [0.5, 0.6) is 0 Å². The lowest BCUT2D eigenvalue weighted by molar-refractivity contribution is -0.128. The van der Waals surface area contributed by atoms with Crippen LogP contribution in [-0.2, 0) is 4.79 Å². The lowest BCUT2D eigenvalue weighted by Crippen LogP contribution is -2.42. The van der Waals surface area contributed by atoms with E-state index < -0.39 is 0 Å². The predicted octanol–water partition coefficient (Wildman–Crippen LogP) is 2.12. The van der Waals surface area contributed by atoms with Gasteiger partial charge in [-0.05, 0) is 51.6 Å². The molecule has 0 spiro atoms. The topological polar surface area (TPSA) is 60.0 Å². The van der Waals surface area contributed by atoms with E-state index in [1.54, 1.807) is 0 Å². The Balaban J connectivity index is 1.97. The second-order valence-corrected chi connectivity index (χ2v) is 7.13. The average molecular weight is 380 g/mol. The minimum atomic E-state index is 0.0987. The minimum Gasteiger partial charge on any atom is -0.357 e. The fraction of sp³-hybridized carbons (Fsp3) is 0.579. The van der Waals surface area contributed by atoms with Crippen molar-refractivity contribution in [2.24, 2.45) is 4.99 Å². The molecule has 1 heterocycles. The van der Waals surface area contributed by atoms with Crippen molar-refractivity contribution in [1.82, 2.24) is 20.4 Å². The number of likely N-dealkylation sites (N-methyl/N-ethyl adjacent to an activating group) is 1. The van der Waals surface area contributed by atoms with Gasteiger partial charge in [0.15, 0.2) is 5.96 Å². The van der Waals surface area contributed by atoms with E-state index in [9.17, 15) is 4.79 Å². The Bertz CT molecular complexity index is 596. The van der Waals surface area contributed by atoms with Crippen molar-refractivity contribution in [2.45, 2.75) is 25.8 Å². The van der Waals surface area contributed by atoms with E-state index in [1.165, 1.54) is 5.56 Å². The molecule has 2 N–H and O–H groups in total. The molecule has 0 aliphatic carbocycles. The number of aliphatic imine (C=N–C) groups is 1. The molecule has 1 aliphatic heterocycles. The normalized spacial score (nSPS) is 16.0. The number of halogens is 1. The first-order valence-electron chi connectivity index (χ1n) is 9.23. The third kappa shape index (κ3) is 6.18. The number of carbonyl (C=O) groups excluding carboxylic acids is 1. The standard InChI is InChI=1S/C19H30ClN5O/c1-4-21-19(23-14-18(26)25-11-5-6-12-25)22-13-17(24(2)3)15-7-9-16(20)10-8-15/h7-10,17H,4-6,11-14H2,1-3H3,(H2,21,22,23). The van der Waals surface area contributed by atoms with Crippen molar-refractivity contribution in [3.8, 4) is 0 Å². The molecule has 6 nitrogen and oxygen atoms in total. The van der Waals surface area contributed by atoms with Crippen LogP contribution in [0.3, 0.4) is 0 Å². The van der Waals surface area contributed by atoms with Crippen LogP contribution in [0.15, 0.2) is 29.3 Å². The van der Waals surface area contributed by atoms with Gasteiger partial charge < -0.3 is 20.4 Å². The summed E-state index contributed by atoms with van der Waals surface area (Å²) >= 11 is 6.00. The van der Waals surface area contributed by atoms with Crippen LogP contribution >= 0.6 is 11.6 Å². The van der Waals surface area contributed by atoms with Crippen LogP contribution in [0.1, 0.15) is 31.4 Å². The van der Waals surface area contributed by atoms with Crippen molar-refractivity contribution in [2.75, 3.05) is 46.8 Å². The van der Waals surface area contributed by atoms with Crippen molar-refractivity contribution < 1.29 is 4.79 Å². The van der Waals surface area contributed by atoms with Crippen LogP contribution in [-0.4, -0.2) is 68.5 Å². The summed E-state index contributed by atoms with van der Waals surface area (Å²) in [6.07, 6.45) is 2.19. The number of nitrogens with zero attached hydrogens (tertiary/aromatic N) is 3. The summed E-state index contributed by atoms with van der Waals surface area (Å²) in [5.74, 6) is 0.766. The number of guanidine groups is 1. The Hall–Kier alpha value is -1.79. The first-order valence-corrected chi connectivity index (χ1v) is 9.61. The lowest BCUT2D eigenvalue weighted by Gasteiger charge is -2.26. The van der Waals surface area contributed by atoms with E-state index in [0.29, 0.717) is 12.5 Å². The lowest BCUT2D eigenvalue weighted by atomic mass is 10.1. The smallest absolute Gasteiger partial charge is 0.244 e. The molecular formula is C19H30ClN5O. The van der Waals surface area contributed by atoms with Gasteiger partial charge in [0, 0.05) is 31.2 Å². The average Bonchev–Trinajstić information content (AvgIpc) is 3.15. The summed E-state index contributed by atoms with van der Waals surface area (Å²) in [5.41, 5.74) is 1.18. The minimum absolute atomic E-state index is 0.0987. The number of nitrogens with one attached hydrogen (secondary N) is 2. The van der Waals surface area contributed by atoms with Gasteiger partial charge in [-0.25, -0.2) is 4.99 Å². The molecule has 1 aliphatic rings. The fourth-order valence-corrected chi connectivity index (χ4v) is 3.16. The van der Waals surface area contributed by atoms with Crippen LogP contribution in [0.25, 0.3) is 0 Å². The van der Waals surface area contributed by atoms with Crippen LogP contribution < -0.4 is 10.6 Å². The second-order valence-electron chi connectivity index (χ2n) is 6.69. The number of hydrogen-bond acceptors (Lipinski definition) is 3. The molecule has 0 aromatic heterocycles. The molecule has 1 unspecified atom stereocenters. The van der Waals surface area contributed by atoms with Gasteiger partial charge in [-0.3, -0.25) is 4.79 Å². The number of hydrogen-bond donors (Lipinski definition) is 2. The predicted molar refractivity (Wildman–Crippen MR) is 108 cm³/mol. The molecule has 0 saturated carbocycles. The van der Waals surface area contributed by atoms with E-state index in [4.69, 9.17) is 11.6 Å². The number of benzene rings is 1. The number of carbonyl (C=O) groups is 1. The zero-order chi connectivity index (χ0) is 18.9. The Morgan fingerprint density at radius 1 is 1.23 bits per heavy atom. The van der Waals surface area contributed by atoms with Crippen molar-refractivity contribution >= 4 is 23.5 Å². The molecule has 1 saturated heterocycles. The zero-order valence-electron chi connectivity index (χ0n) is 16.0. The summed E-state index contributed by atoms with van der Waals surface area (Å²) in [6, 6.07) is 8.05. The molecular weight excluding hydrogens is 350 g/mol. The van der Waals surface area contributed by atoms with E-state index in [-0.39, 0.29) is 18.5 Å². The van der Waals surface area contributed by atoms with Crippen LogP contribution in [0, 0.1) is 0 Å². The Kier molecular flexibility index (Phi) is 8.19. The maximum absolute atomic E-state index is 12.2. The molecule has 26 heavy (non-hydrogen) atoms. The summed E-state index contributed by atoms with van der Waals surface area (Å²) in [7, 11) is 4.09. The molecule has 0 radical (unpaired) electrons. The monoisotopic (exact) mass is 379 g/mol. The highest BCUT2D eigenvalue weighted by Gasteiger charge is 2.18. The first-order chi connectivity index (χ1) is 12.5. The second kappa shape index (κ2) is 10.4. The maximum Gasteiger partial charge on any atom is 0.244 e. The maximum atomic E-state index is 12.2. The highest BCUT2D eigenvalue weighted by atomic mass is 35.5. The van der Waals surface area contributed by atoms with Gasteiger partial charge in [-0.1, -0.05) is 23.7 Å². The Morgan fingerprint density at radius 3 is 2.46 bits per heavy atom. The fourth-order valence-electron chi connectivity index (χ4n) is 3.03. The third-order valence-corrected chi connectivity index (χ3v) is 4.77. The SMILES string of the molecule is CCNC(=NCC(=O)N1CCCC1)NCC(c1ccc(Cl)cc1)N(C)C. The first kappa shape index (κ1) is 20.5. The van der Waals surface area contributed by atoms with Crippen LogP contribution in [0.2, 0.25) is 5.02 Å². The van der Waals surface area contributed by atoms with Gasteiger partial charge in [0.1, 0.15) is 6.54 Å². The van der Waals surface area contributed by atoms with E-state index in [0.717, 1.165) is 37.5 Å². The van der Waals surface area contributed by atoms with Crippen molar-refractivity contribution in [3.05, 3.63) is 34.9 Å². The molecule has 144 valence electrons. The quantitative estimate of drug-likeness (QED) is 0.562. The largest absolute Gasteiger partial charge is 0.357 e. The van der Waals surface area contributed by atoms with E-state index in [1.807, 2.05) is 50.2 Å². The van der Waals surface area contributed by atoms with Gasteiger partial charge in [-0.15, -0.1) is 0 Å².